The molecule has 1 unspecified atom stereocenters. The van der Waals surface area contributed by atoms with Gasteiger partial charge in [-0.3, -0.25) is 0 Å². The van der Waals surface area contributed by atoms with Crippen LogP contribution >= 0.6 is 0 Å². The van der Waals surface area contributed by atoms with Gasteiger partial charge in [0.1, 0.15) is 17.1 Å². The van der Waals surface area contributed by atoms with Gasteiger partial charge in [0.2, 0.25) is 0 Å². The second kappa shape index (κ2) is 4.58. The van der Waals surface area contributed by atoms with Crippen molar-refractivity contribution >= 4 is 11.0 Å². The molecule has 1 heterocycles. The molecule has 16 heavy (non-hydrogen) atoms. The maximum Gasteiger partial charge on any atom is 0.134 e. The van der Waals surface area contributed by atoms with Crippen molar-refractivity contribution in [1.29, 1.82) is 0 Å². The first-order chi connectivity index (χ1) is 7.74. The lowest BCUT2D eigenvalue weighted by Gasteiger charge is -2.04. The Morgan fingerprint density at radius 2 is 2.19 bits per heavy atom. The molecule has 3 nitrogen and oxygen atoms in total. The summed E-state index contributed by atoms with van der Waals surface area (Å²) in [4.78, 5) is 0. The Bertz CT molecular complexity index is 476. The molecule has 86 valence electrons. The third-order valence-electron chi connectivity index (χ3n) is 2.68. The molecule has 2 rings (SSSR count). The molecule has 1 aromatic heterocycles. The highest BCUT2D eigenvalue weighted by molar-refractivity contribution is 5.79. The summed E-state index contributed by atoms with van der Waals surface area (Å²) in [5, 5.41) is 4.24. The average Bonchev–Trinajstić information content (AvgIpc) is 2.71. The SMILES string of the molecule is CCOc1ccc2oc(C(C)NC)cc2c1. The van der Waals surface area contributed by atoms with Crippen LogP contribution in [0, 0.1) is 0 Å². The van der Waals surface area contributed by atoms with Crippen molar-refractivity contribution in [2.24, 2.45) is 0 Å². The summed E-state index contributed by atoms with van der Waals surface area (Å²) < 4.78 is 11.2. The Balaban J connectivity index is 2.38. The largest absolute Gasteiger partial charge is 0.494 e. The maximum absolute atomic E-state index is 5.74. The summed E-state index contributed by atoms with van der Waals surface area (Å²) in [6, 6.07) is 8.17. The van der Waals surface area contributed by atoms with Gasteiger partial charge in [-0.25, -0.2) is 0 Å². The highest BCUT2D eigenvalue weighted by Gasteiger charge is 2.09. The molecular formula is C13H17NO2. The normalized spacial score (nSPS) is 12.9. The van der Waals surface area contributed by atoms with Crippen LogP contribution in [0.1, 0.15) is 25.6 Å². The molecule has 0 radical (unpaired) electrons. The molecule has 0 aliphatic carbocycles. The fourth-order valence-electron chi connectivity index (χ4n) is 1.65. The first-order valence-electron chi connectivity index (χ1n) is 5.58. The van der Waals surface area contributed by atoms with Crippen molar-refractivity contribution in [3.8, 4) is 5.75 Å². The topological polar surface area (TPSA) is 34.4 Å². The van der Waals surface area contributed by atoms with Crippen LogP contribution in [-0.4, -0.2) is 13.7 Å². The standard InChI is InChI=1S/C13H17NO2/c1-4-15-11-5-6-12-10(7-11)8-13(16-12)9(2)14-3/h5-9,14H,4H2,1-3H3. The van der Waals surface area contributed by atoms with E-state index in [1.54, 1.807) is 0 Å². The molecule has 0 spiro atoms. The number of nitrogens with one attached hydrogen (secondary N) is 1. The van der Waals surface area contributed by atoms with Gasteiger partial charge in [-0.15, -0.1) is 0 Å². The number of furan rings is 1. The van der Waals surface area contributed by atoms with E-state index in [9.17, 15) is 0 Å². The van der Waals surface area contributed by atoms with Gasteiger partial charge < -0.3 is 14.5 Å². The van der Waals surface area contributed by atoms with Crippen molar-refractivity contribution in [1.82, 2.24) is 5.32 Å². The number of ether oxygens (including phenoxy) is 1. The molecule has 0 aliphatic heterocycles. The molecule has 1 atom stereocenters. The molecule has 3 heteroatoms. The zero-order valence-corrected chi connectivity index (χ0v) is 9.91. The molecule has 0 bridgehead atoms. The van der Waals surface area contributed by atoms with E-state index in [0.29, 0.717) is 6.61 Å². The Labute approximate surface area is 95.4 Å². The minimum atomic E-state index is 0.225. The Morgan fingerprint density at radius 1 is 1.38 bits per heavy atom. The van der Waals surface area contributed by atoms with E-state index in [4.69, 9.17) is 9.15 Å². The van der Waals surface area contributed by atoms with E-state index in [1.165, 1.54) is 0 Å². The predicted octanol–water partition coefficient (Wildman–Crippen LogP) is 3.11. The second-order valence-corrected chi connectivity index (χ2v) is 3.79. The zero-order chi connectivity index (χ0) is 11.5. The third-order valence-corrected chi connectivity index (χ3v) is 2.68. The average molecular weight is 219 g/mol. The summed E-state index contributed by atoms with van der Waals surface area (Å²) in [6.07, 6.45) is 0. The number of rotatable bonds is 4. The summed E-state index contributed by atoms with van der Waals surface area (Å²) in [5.41, 5.74) is 0.903. The van der Waals surface area contributed by atoms with Crippen LogP contribution in [0.2, 0.25) is 0 Å². The fraction of sp³-hybridized carbons (Fsp3) is 0.385. The summed E-state index contributed by atoms with van der Waals surface area (Å²) in [6.45, 7) is 4.73. The van der Waals surface area contributed by atoms with Gasteiger partial charge in [-0.1, -0.05) is 0 Å². The number of hydrogen-bond acceptors (Lipinski definition) is 3. The van der Waals surface area contributed by atoms with Crippen molar-refractivity contribution in [2.45, 2.75) is 19.9 Å². The molecule has 2 aromatic rings. The van der Waals surface area contributed by atoms with Crippen molar-refractivity contribution in [3.05, 3.63) is 30.0 Å². The lowest BCUT2D eigenvalue weighted by atomic mass is 10.2. The smallest absolute Gasteiger partial charge is 0.134 e. The number of benzene rings is 1. The zero-order valence-electron chi connectivity index (χ0n) is 9.91. The van der Waals surface area contributed by atoms with Crippen LogP contribution in [0.4, 0.5) is 0 Å². The summed E-state index contributed by atoms with van der Waals surface area (Å²) >= 11 is 0. The van der Waals surface area contributed by atoms with Crippen LogP contribution in [-0.2, 0) is 0 Å². The summed E-state index contributed by atoms with van der Waals surface area (Å²) in [5.74, 6) is 1.84. The van der Waals surface area contributed by atoms with E-state index in [2.05, 4.69) is 18.3 Å². The third kappa shape index (κ3) is 2.04. The molecule has 1 aromatic carbocycles. The minimum Gasteiger partial charge on any atom is -0.494 e. The van der Waals surface area contributed by atoms with E-state index >= 15 is 0 Å². The van der Waals surface area contributed by atoms with Gasteiger partial charge in [0, 0.05) is 5.39 Å². The quantitative estimate of drug-likeness (QED) is 0.858. The number of fused-ring (bicyclic) bond motifs is 1. The molecule has 0 fully saturated rings. The van der Waals surface area contributed by atoms with Crippen molar-refractivity contribution in [3.63, 3.8) is 0 Å². The first kappa shape index (κ1) is 11.0. The van der Waals surface area contributed by atoms with Crippen LogP contribution in [0.5, 0.6) is 5.75 Å². The molecule has 0 saturated carbocycles. The van der Waals surface area contributed by atoms with Crippen LogP contribution < -0.4 is 10.1 Å². The molecular weight excluding hydrogens is 202 g/mol. The highest BCUT2D eigenvalue weighted by Crippen LogP contribution is 2.27. The Hall–Kier alpha value is -1.48. The maximum atomic E-state index is 5.74. The van der Waals surface area contributed by atoms with Crippen molar-refractivity contribution < 1.29 is 9.15 Å². The summed E-state index contributed by atoms with van der Waals surface area (Å²) in [7, 11) is 1.92. The Morgan fingerprint density at radius 3 is 2.88 bits per heavy atom. The van der Waals surface area contributed by atoms with Crippen LogP contribution in [0.3, 0.4) is 0 Å². The fourth-order valence-corrected chi connectivity index (χ4v) is 1.65. The molecule has 0 saturated heterocycles. The van der Waals surface area contributed by atoms with E-state index in [0.717, 1.165) is 22.5 Å². The Kier molecular flexibility index (Phi) is 3.15. The van der Waals surface area contributed by atoms with E-state index in [-0.39, 0.29) is 6.04 Å². The van der Waals surface area contributed by atoms with Crippen molar-refractivity contribution in [2.75, 3.05) is 13.7 Å². The minimum absolute atomic E-state index is 0.225. The van der Waals surface area contributed by atoms with Crippen LogP contribution in [0.25, 0.3) is 11.0 Å². The van der Waals surface area contributed by atoms with E-state index in [1.807, 2.05) is 32.2 Å². The lowest BCUT2D eigenvalue weighted by Crippen LogP contribution is -2.10. The van der Waals surface area contributed by atoms with Gasteiger partial charge in [-0.05, 0) is 45.2 Å². The molecule has 0 aliphatic rings. The monoisotopic (exact) mass is 219 g/mol. The van der Waals surface area contributed by atoms with Gasteiger partial charge in [0.15, 0.2) is 0 Å². The van der Waals surface area contributed by atoms with Gasteiger partial charge >= 0.3 is 0 Å². The molecule has 0 amide bonds. The molecule has 1 N–H and O–H groups in total. The van der Waals surface area contributed by atoms with E-state index < -0.39 is 0 Å². The van der Waals surface area contributed by atoms with Crippen LogP contribution in [0.15, 0.2) is 28.7 Å². The first-order valence-corrected chi connectivity index (χ1v) is 5.58. The highest BCUT2D eigenvalue weighted by atomic mass is 16.5. The second-order valence-electron chi connectivity index (χ2n) is 3.79. The van der Waals surface area contributed by atoms with Gasteiger partial charge in [-0.2, -0.15) is 0 Å². The predicted molar refractivity (Wildman–Crippen MR) is 64.9 cm³/mol. The van der Waals surface area contributed by atoms with Gasteiger partial charge in [0.05, 0.1) is 12.6 Å². The van der Waals surface area contributed by atoms with Gasteiger partial charge in [0.25, 0.3) is 0 Å². The lowest BCUT2D eigenvalue weighted by molar-refractivity contribution is 0.340. The number of hydrogen-bond donors (Lipinski definition) is 1.